The molecule has 2 nitrogen and oxygen atoms in total. The van der Waals surface area contributed by atoms with Crippen LogP contribution in [0.4, 0.5) is 0 Å². The maximum Gasteiger partial charge on any atom is 0.120 e. The van der Waals surface area contributed by atoms with Crippen LogP contribution in [0.1, 0.15) is 17.5 Å². The van der Waals surface area contributed by atoms with Gasteiger partial charge >= 0.3 is 0 Å². The topological polar surface area (TPSA) is 21.3 Å². The van der Waals surface area contributed by atoms with Gasteiger partial charge in [0.25, 0.3) is 0 Å². The Bertz CT molecular complexity index is 374. The maximum absolute atomic E-state index is 5.18. The number of aryl methyl sites for hydroxylation is 1. The lowest BCUT2D eigenvalue weighted by molar-refractivity contribution is 0.414. The van der Waals surface area contributed by atoms with Gasteiger partial charge in [0.1, 0.15) is 5.75 Å². The van der Waals surface area contributed by atoms with Crippen LogP contribution >= 0.6 is 0 Å². The molecule has 0 aliphatic carbocycles. The second-order valence-electron chi connectivity index (χ2n) is 3.39. The Hall–Kier alpha value is -1.46. The molecule has 80 valence electrons. The zero-order valence-electron chi connectivity index (χ0n) is 9.55. The summed E-state index contributed by atoms with van der Waals surface area (Å²) in [5.74, 6) is 7.11. The van der Waals surface area contributed by atoms with E-state index in [0.717, 1.165) is 24.3 Å². The molecule has 0 saturated carbocycles. The Labute approximate surface area is 91.6 Å². The maximum atomic E-state index is 5.18. The second-order valence-corrected chi connectivity index (χ2v) is 3.39. The van der Waals surface area contributed by atoms with Crippen molar-refractivity contribution < 1.29 is 4.74 Å². The van der Waals surface area contributed by atoms with E-state index < -0.39 is 0 Å². The van der Waals surface area contributed by atoms with Gasteiger partial charge in [-0.1, -0.05) is 11.8 Å². The summed E-state index contributed by atoms with van der Waals surface area (Å²) in [5, 5.41) is 3.06. The standard InChI is InChI=1S/C13H17NO/c1-11-8-12(6-4-5-7-14-2)10-13(9-11)15-3/h8-10,14H,5,7H2,1-3H3. The lowest BCUT2D eigenvalue weighted by Gasteiger charge is -2.01. The summed E-state index contributed by atoms with van der Waals surface area (Å²) in [6.07, 6.45) is 0.868. The summed E-state index contributed by atoms with van der Waals surface area (Å²) in [5.41, 5.74) is 2.19. The smallest absolute Gasteiger partial charge is 0.120 e. The highest BCUT2D eigenvalue weighted by Gasteiger charge is 1.95. The van der Waals surface area contributed by atoms with Crippen molar-refractivity contribution >= 4 is 0 Å². The third-order valence-electron chi connectivity index (χ3n) is 2.02. The molecule has 1 aromatic carbocycles. The summed E-state index contributed by atoms with van der Waals surface area (Å²) in [7, 11) is 3.60. The molecule has 0 amide bonds. The molecule has 0 atom stereocenters. The number of rotatable bonds is 3. The monoisotopic (exact) mass is 203 g/mol. The summed E-state index contributed by atoms with van der Waals surface area (Å²) in [6, 6.07) is 6.02. The zero-order chi connectivity index (χ0) is 11.1. The highest BCUT2D eigenvalue weighted by Crippen LogP contribution is 2.15. The van der Waals surface area contributed by atoms with Gasteiger partial charge < -0.3 is 10.1 Å². The summed E-state index contributed by atoms with van der Waals surface area (Å²) >= 11 is 0. The van der Waals surface area contributed by atoms with Crippen LogP contribution in [0, 0.1) is 18.8 Å². The van der Waals surface area contributed by atoms with Crippen LogP contribution in [0.15, 0.2) is 18.2 Å². The molecule has 2 heteroatoms. The van der Waals surface area contributed by atoms with Gasteiger partial charge in [-0.05, 0) is 37.7 Å². The Kier molecular flexibility index (Phi) is 4.73. The van der Waals surface area contributed by atoms with E-state index in [9.17, 15) is 0 Å². The quantitative estimate of drug-likeness (QED) is 0.599. The Morgan fingerprint density at radius 2 is 2.13 bits per heavy atom. The summed E-state index contributed by atoms with van der Waals surface area (Å²) < 4.78 is 5.18. The molecule has 0 radical (unpaired) electrons. The van der Waals surface area contributed by atoms with E-state index in [1.54, 1.807) is 7.11 Å². The van der Waals surface area contributed by atoms with Crippen LogP contribution in [0.3, 0.4) is 0 Å². The molecule has 0 bridgehead atoms. The molecule has 15 heavy (non-hydrogen) atoms. The molecular weight excluding hydrogens is 186 g/mol. The Morgan fingerprint density at radius 1 is 1.33 bits per heavy atom. The number of methoxy groups -OCH3 is 1. The van der Waals surface area contributed by atoms with Crippen molar-refractivity contribution in [1.82, 2.24) is 5.32 Å². The number of ether oxygens (including phenoxy) is 1. The van der Waals surface area contributed by atoms with Crippen LogP contribution in [-0.2, 0) is 0 Å². The predicted octanol–water partition coefficient (Wildman–Crippen LogP) is 1.96. The first kappa shape index (κ1) is 11.6. The van der Waals surface area contributed by atoms with E-state index in [2.05, 4.69) is 23.2 Å². The summed E-state index contributed by atoms with van der Waals surface area (Å²) in [6.45, 7) is 2.97. The first-order chi connectivity index (χ1) is 7.26. The molecule has 0 heterocycles. The lowest BCUT2D eigenvalue weighted by Crippen LogP contribution is -2.05. The number of hydrogen-bond acceptors (Lipinski definition) is 2. The molecule has 0 unspecified atom stereocenters. The van der Waals surface area contributed by atoms with E-state index in [4.69, 9.17) is 4.74 Å². The first-order valence-electron chi connectivity index (χ1n) is 5.05. The molecule has 1 aromatic rings. The van der Waals surface area contributed by atoms with Crippen LogP contribution < -0.4 is 10.1 Å². The van der Waals surface area contributed by atoms with Crippen molar-refractivity contribution in [3.63, 3.8) is 0 Å². The number of benzene rings is 1. The highest BCUT2D eigenvalue weighted by molar-refractivity contribution is 5.42. The minimum atomic E-state index is 0.868. The van der Waals surface area contributed by atoms with Crippen LogP contribution in [0.25, 0.3) is 0 Å². The van der Waals surface area contributed by atoms with Crippen molar-refractivity contribution in [2.45, 2.75) is 13.3 Å². The molecule has 0 aromatic heterocycles. The fraction of sp³-hybridized carbons (Fsp3) is 0.385. The number of hydrogen-bond donors (Lipinski definition) is 1. The Balaban J connectivity index is 2.74. The largest absolute Gasteiger partial charge is 0.497 e. The average Bonchev–Trinajstić information content (AvgIpc) is 2.23. The van der Waals surface area contributed by atoms with E-state index in [-0.39, 0.29) is 0 Å². The van der Waals surface area contributed by atoms with Gasteiger partial charge in [0.05, 0.1) is 7.11 Å². The van der Waals surface area contributed by atoms with E-state index >= 15 is 0 Å². The molecule has 0 aliphatic rings. The first-order valence-corrected chi connectivity index (χ1v) is 5.05. The highest BCUT2D eigenvalue weighted by atomic mass is 16.5. The van der Waals surface area contributed by atoms with Crippen LogP contribution in [0.2, 0.25) is 0 Å². The van der Waals surface area contributed by atoms with Gasteiger partial charge in [-0.3, -0.25) is 0 Å². The molecule has 0 aliphatic heterocycles. The number of nitrogens with one attached hydrogen (secondary N) is 1. The zero-order valence-corrected chi connectivity index (χ0v) is 9.55. The second kappa shape index (κ2) is 6.10. The van der Waals surface area contributed by atoms with Gasteiger partial charge in [-0.15, -0.1) is 0 Å². The van der Waals surface area contributed by atoms with Gasteiger partial charge in [-0.2, -0.15) is 0 Å². The lowest BCUT2D eigenvalue weighted by atomic mass is 10.1. The minimum Gasteiger partial charge on any atom is -0.497 e. The predicted molar refractivity (Wildman–Crippen MR) is 63.2 cm³/mol. The van der Waals surface area contributed by atoms with E-state index in [0.29, 0.717) is 0 Å². The Morgan fingerprint density at radius 3 is 2.80 bits per heavy atom. The third kappa shape index (κ3) is 4.05. The fourth-order valence-electron chi connectivity index (χ4n) is 1.29. The minimum absolute atomic E-state index is 0.868. The molecular formula is C13H17NO. The van der Waals surface area contributed by atoms with Crippen molar-refractivity contribution in [2.24, 2.45) is 0 Å². The van der Waals surface area contributed by atoms with Crippen molar-refractivity contribution in [3.05, 3.63) is 29.3 Å². The normalized spacial score (nSPS) is 9.27. The average molecular weight is 203 g/mol. The van der Waals surface area contributed by atoms with Gasteiger partial charge in [0.15, 0.2) is 0 Å². The van der Waals surface area contributed by atoms with Crippen molar-refractivity contribution in [3.8, 4) is 17.6 Å². The molecule has 0 fully saturated rings. The molecule has 0 saturated heterocycles. The van der Waals surface area contributed by atoms with Crippen molar-refractivity contribution in [1.29, 1.82) is 0 Å². The molecule has 0 spiro atoms. The van der Waals surface area contributed by atoms with Crippen LogP contribution in [0.5, 0.6) is 5.75 Å². The van der Waals surface area contributed by atoms with E-state index in [1.807, 2.05) is 26.1 Å². The van der Waals surface area contributed by atoms with Gasteiger partial charge in [-0.25, -0.2) is 0 Å². The van der Waals surface area contributed by atoms with E-state index in [1.165, 1.54) is 5.56 Å². The third-order valence-corrected chi connectivity index (χ3v) is 2.02. The SMILES string of the molecule is CNCCC#Cc1cc(C)cc(OC)c1. The fourth-order valence-corrected chi connectivity index (χ4v) is 1.29. The van der Waals surface area contributed by atoms with Gasteiger partial charge in [0, 0.05) is 18.5 Å². The van der Waals surface area contributed by atoms with Crippen LogP contribution in [-0.4, -0.2) is 20.7 Å². The van der Waals surface area contributed by atoms with Crippen molar-refractivity contribution in [2.75, 3.05) is 20.7 Å². The van der Waals surface area contributed by atoms with Gasteiger partial charge in [0.2, 0.25) is 0 Å². The molecule has 1 rings (SSSR count). The molecule has 1 N–H and O–H groups in total. The summed E-state index contributed by atoms with van der Waals surface area (Å²) in [4.78, 5) is 0.